The van der Waals surface area contributed by atoms with Gasteiger partial charge in [-0.25, -0.2) is 9.97 Å². The van der Waals surface area contributed by atoms with Gasteiger partial charge in [0.1, 0.15) is 23.4 Å². The number of hydrogen-bond acceptors (Lipinski definition) is 5. The van der Waals surface area contributed by atoms with Crippen LogP contribution in [0.2, 0.25) is 0 Å². The van der Waals surface area contributed by atoms with E-state index in [1.54, 1.807) is 37.3 Å². The van der Waals surface area contributed by atoms with Gasteiger partial charge in [0.05, 0.1) is 11.3 Å². The summed E-state index contributed by atoms with van der Waals surface area (Å²) in [6.45, 7) is 2.43. The predicted molar refractivity (Wildman–Crippen MR) is 105 cm³/mol. The molecule has 1 amide bonds. The van der Waals surface area contributed by atoms with E-state index in [0.717, 1.165) is 6.42 Å². The number of rotatable bonds is 6. The molecule has 2 aromatic carbocycles. The normalized spacial score (nSPS) is 10.1. The molecule has 27 heavy (non-hydrogen) atoms. The van der Waals surface area contributed by atoms with Crippen molar-refractivity contribution in [3.05, 3.63) is 83.3 Å². The molecule has 0 aliphatic heterocycles. The summed E-state index contributed by atoms with van der Waals surface area (Å²) in [6, 6.07) is 20.6. The smallest absolute Gasteiger partial charge is 0.274 e. The monoisotopic (exact) mass is 357 g/mol. The second kappa shape index (κ2) is 8.59. The van der Waals surface area contributed by atoms with Crippen molar-refractivity contribution in [2.24, 2.45) is 0 Å². The molecule has 0 bridgehead atoms. The summed E-state index contributed by atoms with van der Waals surface area (Å²) in [5.74, 6) is 0.713. The van der Waals surface area contributed by atoms with Crippen molar-refractivity contribution in [1.82, 2.24) is 9.97 Å². The van der Waals surface area contributed by atoms with E-state index < -0.39 is 0 Å². The van der Waals surface area contributed by atoms with Gasteiger partial charge in [0, 0.05) is 12.6 Å². The molecule has 0 unspecified atom stereocenters. The van der Waals surface area contributed by atoms with E-state index in [0.29, 0.717) is 29.4 Å². The maximum atomic E-state index is 12.5. The van der Waals surface area contributed by atoms with Crippen molar-refractivity contribution in [2.45, 2.75) is 13.3 Å². The molecule has 2 N–H and O–H groups in total. The lowest BCUT2D eigenvalue weighted by atomic mass is 10.1. The van der Waals surface area contributed by atoms with Gasteiger partial charge >= 0.3 is 0 Å². The number of para-hydroxylation sites is 1. The average molecular weight is 357 g/mol. The third-order valence-corrected chi connectivity index (χ3v) is 3.93. The second-order valence-corrected chi connectivity index (χ2v) is 5.96. The molecule has 0 spiro atoms. The van der Waals surface area contributed by atoms with Crippen LogP contribution in [0.15, 0.2) is 60.7 Å². The molecule has 6 heteroatoms. The van der Waals surface area contributed by atoms with Gasteiger partial charge in [-0.15, -0.1) is 0 Å². The van der Waals surface area contributed by atoms with Crippen LogP contribution in [-0.4, -0.2) is 22.4 Å². The summed E-state index contributed by atoms with van der Waals surface area (Å²) in [4.78, 5) is 21.1. The number of hydrogen-bond donors (Lipinski definition) is 2. The number of anilines is 2. The summed E-state index contributed by atoms with van der Waals surface area (Å²) in [5.41, 5.74) is 2.33. The maximum Gasteiger partial charge on any atom is 0.274 e. The van der Waals surface area contributed by atoms with Gasteiger partial charge in [0.15, 0.2) is 0 Å². The molecule has 3 aromatic rings. The number of aromatic nitrogens is 2. The Morgan fingerprint density at radius 3 is 2.59 bits per heavy atom. The van der Waals surface area contributed by atoms with E-state index in [1.807, 2.05) is 18.2 Å². The molecule has 3 rings (SSSR count). The number of nitrogens with zero attached hydrogens (tertiary/aromatic N) is 3. The highest BCUT2D eigenvalue weighted by molar-refractivity contribution is 6.03. The van der Waals surface area contributed by atoms with Gasteiger partial charge < -0.3 is 10.6 Å². The zero-order valence-corrected chi connectivity index (χ0v) is 14.9. The Balaban J connectivity index is 1.69. The lowest BCUT2D eigenvalue weighted by Gasteiger charge is -2.10. The van der Waals surface area contributed by atoms with Gasteiger partial charge in [0.2, 0.25) is 0 Å². The molecule has 1 heterocycles. The van der Waals surface area contributed by atoms with Crippen LogP contribution in [0.3, 0.4) is 0 Å². The highest BCUT2D eigenvalue weighted by Crippen LogP contribution is 2.15. The van der Waals surface area contributed by atoms with Crippen molar-refractivity contribution in [3.8, 4) is 6.07 Å². The Labute approximate surface area is 157 Å². The Morgan fingerprint density at radius 2 is 1.81 bits per heavy atom. The number of nitrogens with one attached hydrogen (secondary N) is 2. The Bertz CT molecular complexity index is 979. The number of carbonyl (C=O) groups excluding carboxylic acids is 1. The highest BCUT2D eigenvalue weighted by atomic mass is 16.1. The minimum absolute atomic E-state index is 0.248. The molecule has 0 radical (unpaired) electrons. The molecule has 134 valence electrons. The number of aryl methyl sites for hydroxylation is 1. The van der Waals surface area contributed by atoms with Crippen LogP contribution < -0.4 is 10.6 Å². The first-order valence-corrected chi connectivity index (χ1v) is 8.59. The highest BCUT2D eigenvalue weighted by Gasteiger charge is 2.12. The third-order valence-electron chi connectivity index (χ3n) is 3.93. The van der Waals surface area contributed by atoms with Gasteiger partial charge in [-0.3, -0.25) is 4.79 Å². The van der Waals surface area contributed by atoms with E-state index in [9.17, 15) is 4.79 Å². The van der Waals surface area contributed by atoms with Crippen molar-refractivity contribution in [3.63, 3.8) is 0 Å². The molecule has 6 nitrogen and oxygen atoms in total. The van der Waals surface area contributed by atoms with Crippen molar-refractivity contribution in [1.29, 1.82) is 5.26 Å². The number of carbonyl (C=O) groups is 1. The molecule has 0 aliphatic carbocycles. The maximum absolute atomic E-state index is 12.5. The SMILES string of the molecule is Cc1nc(NCCc2ccccc2)cc(C(=O)Nc2ccccc2C#N)n1. The van der Waals surface area contributed by atoms with Gasteiger partial charge in [-0.1, -0.05) is 42.5 Å². The molecular formula is C21H19N5O. The molecule has 1 aromatic heterocycles. The Hall–Kier alpha value is -3.72. The summed E-state index contributed by atoms with van der Waals surface area (Å²) in [7, 11) is 0. The largest absolute Gasteiger partial charge is 0.370 e. The first kappa shape index (κ1) is 18.1. The fourth-order valence-corrected chi connectivity index (χ4v) is 2.63. The fraction of sp³-hybridized carbons (Fsp3) is 0.143. The molecule has 0 atom stereocenters. The molecule has 0 fully saturated rings. The van der Waals surface area contributed by atoms with Gasteiger partial charge in [-0.2, -0.15) is 5.26 Å². The van der Waals surface area contributed by atoms with Crippen molar-refractivity contribution in [2.75, 3.05) is 17.2 Å². The van der Waals surface area contributed by atoms with Crippen LogP contribution in [0.4, 0.5) is 11.5 Å². The van der Waals surface area contributed by atoms with E-state index in [2.05, 4.69) is 38.8 Å². The standard InChI is InChI=1S/C21H19N5O/c1-15-24-19(21(27)26-18-10-6-5-9-17(18)14-22)13-20(25-15)23-12-11-16-7-3-2-4-8-16/h2-10,13H,11-12H2,1H3,(H,26,27)(H,23,24,25). The topological polar surface area (TPSA) is 90.7 Å². The number of amides is 1. The Morgan fingerprint density at radius 1 is 1.07 bits per heavy atom. The van der Waals surface area contributed by atoms with Crippen molar-refractivity contribution >= 4 is 17.4 Å². The minimum atomic E-state index is -0.380. The molecule has 0 saturated heterocycles. The van der Waals surface area contributed by atoms with E-state index in [1.165, 1.54) is 5.56 Å². The van der Waals surface area contributed by atoms with Gasteiger partial charge in [-0.05, 0) is 31.0 Å². The van der Waals surface area contributed by atoms with Crippen LogP contribution in [-0.2, 0) is 6.42 Å². The molecule has 0 aliphatic rings. The minimum Gasteiger partial charge on any atom is -0.370 e. The van der Waals surface area contributed by atoms with E-state index in [4.69, 9.17) is 5.26 Å². The average Bonchev–Trinajstić information content (AvgIpc) is 2.69. The molecule has 0 saturated carbocycles. The van der Waals surface area contributed by atoms with E-state index in [-0.39, 0.29) is 11.6 Å². The van der Waals surface area contributed by atoms with Crippen LogP contribution in [0.25, 0.3) is 0 Å². The van der Waals surface area contributed by atoms with Crippen LogP contribution in [0, 0.1) is 18.3 Å². The summed E-state index contributed by atoms with van der Waals surface area (Å²) in [6.07, 6.45) is 0.848. The first-order chi connectivity index (χ1) is 13.2. The predicted octanol–water partition coefficient (Wildman–Crippen LogP) is 3.56. The molecular weight excluding hydrogens is 338 g/mol. The fourth-order valence-electron chi connectivity index (χ4n) is 2.63. The van der Waals surface area contributed by atoms with E-state index >= 15 is 0 Å². The second-order valence-electron chi connectivity index (χ2n) is 5.96. The summed E-state index contributed by atoms with van der Waals surface area (Å²) >= 11 is 0. The van der Waals surface area contributed by atoms with Gasteiger partial charge in [0.25, 0.3) is 5.91 Å². The van der Waals surface area contributed by atoms with Crippen LogP contribution in [0.5, 0.6) is 0 Å². The number of benzene rings is 2. The van der Waals surface area contributed by atoms with Crippen LogP contribution in [0.1, 0.15) is 27.4 Å². The first-order valence-electron chi connectivity index (χ1n) is 8.59. The third kappa shape index (κ3) is 4.89. The summed E-state index contributed by atoms with van der Waals surface area (Å²) in [5, 5.41) is 15.1. The van der Waals surface area contributed by atoms with Crippen molar-refractivity contribution < 1.29 is 4.79 Å². The Kier molecular flexibility index (Phi) is 5.75. The summed E-state index contributed by atoms with van der Waals surface area (Å²) < 4.78 is 0. The lowest BCUT2D eigenvalue weighted by Crippen LogP contribution is -2.17. The number of nitriles is 1. The zero-order valence-electron chi connectivity index (χ0n) is 14.9. The quantitative estimate of drug-likeness (QED) is 0.704. The lowest BCUT2D eigenvalue weighted by molar-refractivity contribution is 0.102. The van der Waals surface area contributed by atoms with Crippen LogP contribution >= 0.6 is 0 Å². The zero-order chi connectivity index (χ0) is 19.1.